The molecule has 0 saturated heterocycles. The number of hydrogen-bond donors (Lipinski definition) is 0. The molecule has 5 heteroatoms. The Morgan fingerprint density at radius 1 is 1.25 bits per heavy atom. The summed E-state index contributed by atoms with van der Waals surface area (Å²) in [6.45, 7) is 0. The van der Waals surface area contributed by atoms with Gasteiger partial charge in [0.15, 0.2) is 0 Å². The van der Waals surface area contributed by atoms with Gasteiger partial charge < -0.3 is 0 Å². The molecule has 0 unspecified atom stereocenters. The molecule has 0 fully saturated rings. The van der Waals surface area contributed by atoms with Gasteiger partial charge in [0.1, 0.15) is 9.84 Å². The van der Waals surface area contributed by atoms with E-state index in [2.05, 4.69) is 0 Å². The highest BCUT2D eigenvalue weighted by Gasteiger charge is 2.01. The maximum absolute atomic E-state index is 10.9. The topological polar surface area (TPSA) is 34.1 Å². The van der Waals surface area contributed by atoms with Gasteiger partial charge >= 0.3 is 0 Å². The van der Waals surface area contributed by atoms with Crippen LogP contribution in [0.15, 0.2) is 29.2 Å². The Labute approximate surface area is 106 Å². The van der Waals surface area contributed by atoms with E-state index in [4.69, 9.17) is 11.6 Å². The van der Waals surface area contributed by atoms with Crippen LogP contribution >= 0.6 is 23.4 Å². The number of hydrogen-bond acceptors (Lipinski definition) is 3. The SMILES string of the molecule is CS(=O)(=O)CCCSc1ccc(CCl)cc1. The molecular formula is C11H15ClO2S2. The molecule has 0 bridgehead atoms. The van der Waals surface area contributed by atoms with E-state index in [0.29, 0.717) is 12.3 Å². The number of thioether (sulfide) groups is 1. The van der Waals surface area contributed by atoms with Crippen molar-refractivity contribution in [2.45, 2.75) is 17.2 Å². The summed E-state index contributed by atoms with van der Waals surface area (Å²) < 4.78 is 21.8. The van der Waals surface area contributed by atoms with Crippen LogP contribution in [0.3, 0.4) is 0 Å². The van der Waals surface area contributed by atoms with E-state index in [1.807, 2.05) is 24.3 Å². The first kappa shape index (κ1) is 13.9. The molecule has 0 saturated carbocycles. The molecule has 0 amide bonds. The van der Waals surface area contributed by atoms with E-state index < -0.39 is 9.84 Å². The van der Waals surface area contributed by atoms with Crippen LogP contribution < -0.4 is 0 Å². The monoisotopic (exact) mass is 278 g/mol. The smallest absolute Gasteiger partial charge is 0.147 e. The molecular weight excluding hydrogens is 264 g/mol. The standard InChI is InChI=1S/C11H15ClO2S2/c1-16(13,14)8-2-7-15-11-5-3-10(9-12)4-6-11/h3-6H,2,7-9H2,1H3. The minimum atomic E-state index is -2.82. The first-order valence-electron chi connectivity index (χ1n) is 4.97. The van der Waals surface area contributed by atoms with Gasteiger partial charge in [-0.25, -0.2) is 8.42 Å². The summed E-state index contributed by atoms with van der Waals surface area (Å²) in [5.74, 6) is 1.62. The summed E-state index contributed by atoms with van der Waals surface area (Å²) in [6, 6.07) is 8.02. The van der Waals surface area contributed by atoms with Crippen molar-refractivity contribution >= 4 is 33.2 Å². The zero-order valence-corrected chi connectivity index (χ0v) is 11.5. The molecule has 0 aliphatic carbocycles. The predicted octanol–water partition coefficient (Wildman–Crippen LogP) is 2.95. The van der Waals surface area contributed by atoms with Gasteiger partial charge in [0.2, 0.25) is 0 Å². The molecule has 0 radical (unpaired) electrons. The van der Waals surface area contributed by atoms with E-state index in [-0.39, 0.29) is 5.75 Å². The molecule has 0 aliphatic heterocycles. The third-order valence-corrected chi connectivity index (χ3v) is 4.44. The molecule has 2 nitrogen and oxygen atoms in total. The molecule has 0 N–H and O–H groups in total. The van der Waals surface area contributed by atoms with Crippen LogP contribution in [-0.4, -0.2) is 26.2 Å². The lowest BCUT2D eigenvalue weighted by atomic mass is 10.2. The fourth-order valence-electron chi connectivity index (χ4n) is 1.19. The highest BCUT2D eigenvalue weighted by atomic mass is 35.5. The van der Waals surface area contributed by atoms with Gasteiger partial charge in [-0.1, -0.05) is 12.1 Å². The van der Waals surface area contributed by atoms with E-state index in [9.17, 15) is 8.42 Å². The Bertz CT molecular complexity index is 412. The number of sulfone groups is 1. The molecule has 1 aromatic carbocycles. The van der Waals surface area contributed by atoms with Crippen molar-refractivity contribution in [3.8, 4) is 0 Å². The van der Waals surface area contributed by atoms with Crippen molar-refractivity contribution in [1.29, 1.82) is 0 Å². The Hall–Kier alpha value is -0.190. The number of alkyl halides is 1. The molecule has 0 spiro atoms. The third-order valence-electron chi connectivity index (χ3n) is 2.01. The van der Waals surface area contributed by atoms with Crippen molar-refractivity contribution in [2.75, 3.05) is 17.8 Å². The van der Waals surface area contributed by atoms with E-state index in [0.717, 1.165) is 16.2 Å². The van der Waals surface area contributed by atoms with Crippen LogP contribution in [0.2, 0.25) is 0 Å². The summed E-state index contributed by atoms with van der Waals surface area (Å²) in [7, 11) is -2.82. The predicted molar refractivity (Wildman–Crippen MR) is 71.1 cm³/mol. The summed E-state index contributed by atoms with van der Waals surface area (Å²) in [6.07, 6.45) is 1.97. The van der Waals surface area contributed by atoms with Crippen LogP contribution in [0.1, 0.15) is 12.0 Å². The number of rotatable bonds is 6. The molecule has 0 heterocycles. The van der Waals surface area contributed by atoms with Crippen LogP contribution in [0, 0.1) is 0 Å². The highest BCUT2D eigenvalue weighted by Crippen LogP contribution is 2.19. The van der Waals surface area contributed by atoms with Gasteiger partial charge in [0.25, 0.3) is 0 Å². The fraction of sp³-hybridized carbons (Fsp3) is 0.455. The van der Waals surface area contributed by atoms with Crippen molar-refractivity contribution in [3.63, 3.8) is 0 Å². The van der Waals surface area contributed by atoms with Gasteiger partial charge in [-0.15, -0.1) is 23.4 Å². The van der Waals surface area contributed by atoms with Crippen LogP contribution in [0.25, 0.3) is 0 Å². The average Bonchev–Trinajstić information content (AvgIpc) is 2.24. The summed E-state index contributed by atoms with van der Waals surface area (Å²) in [5, 5.41) is 0. The molecule has 1 rings (SSSR count). The minimum Gasteiger partial charge on any atom is -0.229 e. The zero-order valence-electron chi connectivity index (χ0n) is 9.15. The second-order valence-corrected chi connectivity index (χ2v) is 7.30. The van der Waals surface area contributed by atoms with Crippen LogP contribution in [0.4, 0.5) is 0 Å². The Morgan fingerprint density at radius 2 is 1.88 bits per heavy atom. The molecule has 16 heavy (non-hydrogen) atoms. The minimum absolute atomic E-state index is 0.264. The largest absolute Gasteiger partial charge is 0.229 e. The zero-order chi connectivity index (χ0) is 12.0. The fourth-order valence-corrected chi connectivity index (χ4v) is 3.07. The van der Waals surface area contributed by atoms with Gasteiger partial charge in [-0.05, 0) is 29.9 Å². The van der Waals surface area contributed by atoms with E-state index >= 15 is 0 Å². The normalized spacial score (nSPS) is 11.6. The van der Waals surface area contributed by atoms with E-state index in [1.54, 1.807) is 11.8 Å². The molecule has 90 valence electrons. The van der Waals surface area contributed by atoms with Crippen LogP contribution in [-0.2, 0) is 15.7 Å². The highest BCUT2D eigenvalue weighted by molar-refractivity contribution is 7.99. The first-order valence-corrected chi connectivity index (χ1v) is 8.55. The quantitative estimate of drug-likeness (QED) is 0.456. The Kier molecular flexibility index (Phi) is 5.66. The lowest BCUT2D eigenvalue weighted by molar-refractivity contribution is 0.600. The second kappa shape index (κ2) is 6.52. The summed E-state index contributed by atoms with van der Waals surface area (Å²) in [5.41, 5.74) is 1.10. The lowest BCUT2D eigenvalue weighted by Gasteiger charge is -2.02. The number of benzene rings is 1. The third kappa shape index (κ3) is 5.77. The Balaban J connectivity index is 2.32. The van der Waals surface area contributed by atoms with Gasteiger partial charge in [-0.3, -0.25) is 0 Å². The Morgan fingerprint density at radius 3 is 2.38 bits per heavy atom. The second-order valence-electron chi connectivity index (χ2n) is 3.61. The van der Waals surface area contributed by atoms with Gasteiger partial charge in [-0.2, -0.15) is 0 Å². The molecule has 0 atom stereocenters. The van der Waals surface area contributed by atoms with E-state index in [1.165, 1.54) is 6.26 Å². The van der Waals surface area contributed by atoms with Gasteiger partial charge in [0.05, 0.1) is 5.75 Å². The van der Waals surface area contributed by atoms with Crippen LogP contribution in [0.5, 0.6) is 0 Å². The summed E-state index contributed by atoms with van der Waals surface area (Å²) >= 11 is 7.36. The molecule has 0 aliphatic rings. The maximum atomic E-state index is 10.9. The molecule has 0 aromatic heterocycles. The maximum Gasteiger partial charge on any atom is 0.147 e. The van der Waals surface area contributed by atoms with Gasteiger partial charge in [0, 0.05) is 17.0 Å². The number of halogens is 1. The first-order chi connectivity index (χ1) is 7.51. The summed E-state index contributed by atoms with van der Waals surface area (Å²) in [4.78, 5) is 1.15. The molecule has 1 aromatic rings. The average molecular weight is 279 g/mol. The van der Waals surface area contributed by atoms with Crippen molar-refractivity contribution in [3.05, 3.63) is 29.8 Å². The van der Waals surface area contributed by atoms with Crippen molar-refractivity contribution in [2.24, 2.45) is 0 Å². The van der Waals surface area contributed by atoms with Crippen molar-refractivity contribution in [1.82, 2.24) is 0 Å². The lowest BCUT2D eigenvalue weighted by Crippen LogP contribution is -2.03. The van der Waals surface area contributed by atoms with Crippen molar-refractivity contribution < 1.29 is 8.42 Å².